The van der Waals surface area contributed by atoms with Gasteiger partial charge in [0.1, 0.15) is 10.7 Å². The monoisotopic (exact) mass is 120 g/mol. The SMILES string of the molecule is C/C=C/C[SH](=O)=O. The van der Waals surface area contributed by atoms with Crippen LogP contribution in [-0.2, 0) is 10.7 Å². The number of thiol groups is 1. The zero-order chi connectivity index (χ0) is 5.70. The van der Waals surface area contributed by atoms with Gasteiger partial charge in [-0.3, -0.25) is 0 Å². The third-order valence-electron chi connectivity index (χ3n) is 0.490. The molecule has 0 heterocycles. The van der Waals surface area contributed by atoms with Crippen molar-refractivity contribution >= 4 is 10.7 Å². The Kier molecular flexibility index (Phi) is 3.69. The van der Waals surface area contributed by atoms with Crippen LogP contribution in [0.5, 0.6) is 0 Å². The molecule has 0 aliphatic carbocycles. The fourth-order valence-corrected chi connectivity index (χ4v) is 0.574. The van der Waals surface area contributed by atoms with Crippen molar-refractivity contribution in [3.8, 4) is 0 Å². The Morgan fingerprint density at radius 3 is 2.29 bits per heavy atom. The summed E-state index contributed by atoms with van der Waals surface area (Å²) in [6, 6.07) is 0. The molecule has 0 saturated heterocycles. The Labute approximate surface area is 44.8 Å². The first-order valence-electron chi connectivity index (χ1n) is 2.00. The third kappa shape index (κ3) is 5.69. The molecule has 0 aliphatic rings. The molecule has 0 atom stereocenters. The van der Waals surface area contributed by atoms with Gasteiger partial charge >= 0.3 is 0 Å². The molecule has 0 unspecified atom stereocenters. The van der Waals surface area contributed by atoms with Gasteiger partial charge in [0, 0.05) is 0 Å². The first kappa shape index (κ1) is 6.69. The van der Waals surface area contributed by atoms with Gasteiger partial charge in [0.2, 0.25) is 0 Å². The minimum Gasteiger partial charge on any atom is -0.232 e. The Morgan fingerprint density at radius 2 is 2.14 bits per heavy atom. The lowest BCUT2D eigenvalue weighted by Gasteiger charge is -1.69. The molecule has 3 heteroatoms. The molecule has 0 bridgehead atoms. The van der Waals surface area contributed by atoms with Crippen molar-refractivity contribution in [1.82, 2.24) is 0 Å². The van der Waals surface area contributed by atoms with Crippen molar-refractivity contribution in [2.24, 2.45) is 0 Å². The van der Waals surface area contributed by atoms with Crippen LogP contribution in [-0.4, -0.2) is 14.2 Å². The first-order chi connectivity index (χ1) is 3.27. The molecule has 0 saturated carbocycles. The fraction of sp³-hybridized carbons (Fsp3) is 0.500. The molecule has 42 valence electrons. The molecular formula is C4H8O2S. The van der Waals surface area contributed by atoms with E-state index in [4.69, 9.17) is 0 Å². The summed E-state index contributed by atoms with van der Waals surface area (Å²) in [7, 11) is -2.19. The zero-order valence-corrected chi connectivity index (χ0v) is 5.02. The second kappa shape index (κ2) is 3.87. The fourth-order valence-electron chi connectivity index (χ4n) is 0.191. The molecule has 7 heavy (non-hydrogen) atoms. The second-order valence-electron chi connectivity index (χ2n) is 1.08. The summed E-state index contributed by atoms with van der Waals surface area (Å²) in [5, 5.41) is 0. The molecule has 0 aliphatic heterocycles. The average molecular weight is 120 g/mol. The summed E-state index contributed by atoms with van der Waals surface area (Å²) in [4.78, 5) is 0. The molecule has 0 aromatic carbocycles. The molecule has 0 aromatic rings. The Morgan fingerprint density at radius 1 is 1.57 bits per heavy atom. The van der Waals surface area contributed by atoms with Gasteiger partial charge in [-0.1, -0.05) is 12.2 Å². The molecule has 0 N–H and O–H groups in total. The van der Waals surface area contributed by atoms with Gasteiger partial charge in [0.05, 0.1) is 5.75 Å². The first-order valence-corrected chi connectivity index (χ1v) is 3.36. The number of rotatable bonds is 2. The van der Waals surface area contributed by atoms with Gasteiger partial charge in [0.15, 0.2) is 0 Å². The Balaban J connectivity index is 3.33. The lowest BCUT2D eigenvalue weighted by Crippen LogP contribution is -1.77. The van der Waals surface area contributed by atoms with Crippen LogP contribution in [0.3, 0.4) is 0 Å². The van der Waals surface area contributed by atoms with E-state index < -0.39 is 10.7 Å². The molecule has 2 nitrogen and oxygen atoms in total. The summed E-state index contributed by atoms with van der Waals surface area (Å²) in [5.41, 5.74) is 0. The van der Waals surface area contributed by atoms with E-state index >= 15 is 0 Å². The summed E-state index contributed by atoms with van der Waals surface area (Å²) in [5.74, 6) is 0.172. The van der Waals surface area contributed by atoms with E-state index in [2.05, 4.69) is 0 Å². The number of hydrogen-bond acceptors (Lipinski definition) is 2. The highest BCUT2D eigenvalue weighted by molar-refractivity contribution is 7.72. The molecular weight excluding hydrogens is 112 g/mol. The van der Waals surface area contributed by atoms with Crippen molar-refractivity contribution in [3.05, 3.63) is 12.2 Å². The van der Waals surface area contributed by atoms with E-state index in [9.17, 15) is 8.42 Å². The maximum absolute atomic E-state index is 9.74. The normalized spacial score (nSPS) is 11.1. The molecule has 0 fully saturated rings. The minimum atomic E-state index is -2.19. The molecule has 0 spiro atoms. The minimum absolute atomic E-state index is 0.172. The van der Waals surface area contributed by atoms with Gasteiger partial charge < -0.3 is 0 Å². The molecule has 0 radical (unpaired) electrons. The molecule has 0 amide bonds. The highest BCUT2D eigenvalue weighted by atomic mass is 32.2. The van der Waals surface area contributed by atoms with Gasteiger partial charge in [-0.15, -0.1) is 0 Å². The lowest BCUT2D eigenvalue weighted by atomic mass is 10.6. The topological polar surface area (TPSA) is 34.1 Å². The van der Waals surface area contributed by atoms with Crippen molar-refractivity contribution in [2.75, 3.05) is 5.75 Å². The van der Waals surface area contributed by atoms with E-state index in [1.54, 1.807) is 19.1 Å². The van der Waals surface area contributed by atoms with Gasteiger partial charge in [-0.25, -0.2) is 8.42 Å². The predicted molar refractivity (Wildman–Crippen MR) is 30.0 cm³/mol. The van der Waals surface area contributed by atoms with Crippen molar-refractivity contribution in [3.63, 3.8) is 0 Å². The highest BCUT2D eigenvalue weighted by Gasteiger charge is 1.72. The summed E-state index contributed by atoms with van der Waals surface area (Å²) in [6.45, 7) is 1.79. The van der Waals surface area contributed by atoms with Crippen molar-refractivity contribution < 1.29 is 8.42 Å². The quantitative estimate of drug-likeness (QED) is 0.416. The van der Waals surface area contributed by atoms with Crippen molar-refractivity contribution in [2.45, 2.75) is 6.92 Å². The van der Waals surface area contributed by atoms with Crippen LogP contribution >= 0.6 is 0 Å². The van der Waals surface area contributed by atoms with Gasteiger partial charge in [-0.2, -0.15) is 0 Å². The number of allylic oxidation sites excluding steroid dienone is 1. The van der Waals surface area contributed by atoms with Crippen LogP contribution < -0.4 is 0 Å². The third-order valence-corrected chi connectivity index (χ3v) is 0.999. The summed E-state index contributed by atoms with van der Waals surface area (Å²) in [6.07, 6.45) is 3.32. The van der Waals surface area contributed by atoms with Crippen molar-refractivity contribution in [1.29, 1.82) is 0 Å². The van der Waals surface area contributed by atoms with E-state index in [-0.39, 0.29) is 5.75 Å². The van der Waals surface area contributed by atoms with Crippen LogP contribution in [0, 0.1) is 0 Å². The average Bonchev–Trinajstić information content (AvgIpc) is 1.61. The van der Waals surface area contributed by atoms with E-state index in [1.807, 2.05) is 0 Å². The van der Waals surface area contributed by atoms with Crippen LogP contribution in [0.2, 0.25) is 0 Å². The Bertz CT molecular complexity index is 116. The largest absolute Gasteiger partial charge is 0.232 e. The summed E-state index contributed by atoms with van der Waals surface area (Å²) >= 11 is 0. The molecule has 0 rings (SSSR count). The Hall–Kier alpha value is -0.310. The van der Waals surface area contributed by atoms with Crippen LogP contribution in [0.1, 0.15) is 6.92 Å². The zero-order valence-electron chi connectivity index (χ0n) is 4.13. The molecule has 0 aromatic heterocycles. The standard InChI is InChI=1S/C4H8O2S/c1-2-3-4-7(5)6/h2-3,7H,4H2,1H3/b3-2+. The predicted octanol–water partition coefficient (Wildman–Crippen LogP) is 0.174. The van der Waals surface area contributed by atoms with Gasteiger partial charge in [0.25, 0.3) is 0 Å². The second-order valence-corrected chi connectivity index (χ2v) is 2.11. The summed E-state index contributed by atoms with van der Waals surface area (Å²) < 4.78 is 19.5. The maximum Gasteiger partial charge on any atom is 0.143 e. The lowest BCUT2D eigenvalue weighted by molar-refractivity contribution is 0.617. The number of hydrogen-bond donors (Lipinski definition) is 1. The van der Waals surface area contributed by atoms with E-state index in [0.29, 0.717) is 0 Å². The van der Waals surface area contributed by atoms with Crippen LogP contribution in [0.25, 0.3) is 0 Å². The van der Waals surface area contributed by atoms with Crippen LogP contribution in [0.15, 0.2) is 12.2 Å². The van der Waals surface area contributed by atoms with E-state index in [1.165, 1.54) is 0 Å². The van der Waals surface area contributed by atoms with Gasteiger partial charge in [-0.05, 0) is 6.92 Å². The maximum atomic E-state index is 9.74. The highest BCUT2D eigenvalue weighted by Crippen LogP contribution is 1.69. The van der Waals surface area contributed by atoms with Crippen LogP contribution in [0.4, 0.5) is 0 Å². The van der Waals surface area contributed by atoms with E-state index in [0.717, 1.165) is 0 Å². The smallest absolute Gasteiger partial charge is 0.143 e.